The Bertz CT molecular complexity index is 757. The Morgan fingerprint density at radius 3 is 2.52 bits per heavy atom. The summed E-state index contributed by atoms with van der Waals surface area (Å²) in [7, 11) is 0. The summed E-state index contributed by atoms with van der Waals surface area (Å²) in [6.45, 7) is 0. The van der Waals surface area contributed by atoms with Gasteiger partial charge in [0.05, 0.1) is 0 Å². The van der Waals surface area contributed by atoms with Gasteiger partial charge in [-0.1, -0.05) is 30.0 Å². The number of benzene rings is 2. The summed E-state index contributed by atoms with van der Waals surface area (Å²) in [4.78, 5) is 28.0. The maximum atomic E-state index is 12.0. The quantitative estimate of drug-likeness (QED) is 0.905. The maximum absolute atomic E-state index is 12.0. The number of hydrogen-bond donors (Lipinski definition) is 2. The average Bonchev–Trinajstić information content (AvgIpc) is 2.90. The first-order chi connectivity index (χ1) is 11.1. The third-order valence-electron chi connectivity index (χ3n) is 3.28. The Morgan fingerprint density at radius 2 is 1.83 bits per heavy atom. The van der Waals surface area contributed by atoms with Gasteiger partial charge in [-0.05, 0) is 36.4 Å². The summed E-state index contributed by atoms with van der Waals surface area (Å²) in [6, 6.07) is 15.6. The summed E-state index contributed by atoms with van der Waals surface area (Å²) in [5.41, 5.74) is 1.46. The molecule has 6 heteroatoms. The summed E-state index contributed by atoms with van der Waals surface area (Å²) >= 11 is 1.27. The van der Waals surface area contributed by atoms with E-state index in [-0.39, 0.29) is 24.0 Å². The van der Waals surface area contributed by atoms with Gasteiger partial charge in [0.15, 0.2) is 0 Å². The molecule has 0 aliphatic carbocycles. The summed E-state index contributed by atoms with van der Waals surface area (Å²) < 4.78 is 0. The number of carbonyl (C=O) groups is 2. The van der Waals surface area contributed by atoms with Crippen LogP contribution in [0.3, 0.4) is 0 Å². The molecule has 0 aromatic heterocycles. The molecule has 23 heavy (non-hydrogen) atoms. The van der Waals surface area contributed by atoms with Crippen LogP contribution in [0.4, 0.5) is 5.69 Å². The van der Waals surface area contributed by atoms with Crippen LogP contribution in [0.2, 0.25) is 0 Å². The topological polar surface area (TPSA) is 78.8 Å². The SMILES string of the molecule is O=C(C[C@@H]1SC(c2ccc(O)cc2)=NC1=O)Nc1ccccc1. The van der Waals surface area contributed by atoms with Crippen LogP contribution < -0.4 is 5.32 Å². The first-order valence-electron chi connectivity index (χ1n) is 7.05. The molecule has 1 atom stereocenters. The number of amides is 2. The maximum Gasteiger partial charge on any atom is 0.260 e. The number of nitrogens with zero attached hydrogens (tertiary/aromatic N) is 1. The van der Waals surface area contributed by atoms with Gasteiger partial charge in [-0.25, -0.2) is 4.99 Å². The van der Waals surface area contributed by atoms with Crippen molar-refractivity contribution >= 4 is 34.3 Å². The lowest BCUT2D eigenvalue weighted by molar-refractivity contribution is -0.121. The minimum Gasteiger partial charge on any atom is -0.508 e. The van der Waals surface area contributed by atoms with Crippen molar-refractivity contribution < 1.29 is 14.7 Å². The van der Waals surface area contributed by atoms with Gasteiger partial charge in [0.25, 0.3) is 5.91 Å². The lowest BCUT2D eigenvalue weighted by atomic mass is 10.2. The summed E-state index contributed by atoms with van der Waals surface area (Å²) in [6.07, 6.45) is 0.0729. The molecule has 0 unspecified atom stereocenters. The van der Waals surface area contributed by atoms with Crippen molar-refractivity contribution in [2.75, 3.05) is 5.32 Å². The molecular formula is C17H14N2O3S. The third kappa shape index (κ3) is 3.78. The van der Waals surface area contributed by atoms with Gasteiger partial charge in [-0.2, -0.15) is 0 Å². The van der Waals surface area contributed by atoms with Crippen molar-refractivity contribution in [2.45, 2.75) is 11.7 Å². The zero-order valence-corrected chi connectivity index (χ0v) is 12.9. The van der Waals surface area contributed by atoms with E-state index in [1.54, 1.807) is 36.4 Å². The van der Waals surface area contributed by atoms with Gasteiger partial charge in [-0.3, -0.25) is 9.59 Å². The molecular weight excluding hydrogens is 312 g/mol. The summed E-state index contributed by atoms with van der Waals surface area (Å²) in [5, 5.41) is 12.1. The highest BCUT2D eigenvalue weighted by Gasteiger charge is 2.31. The molecule has 2 N–H and O–H groups in total. The molecule has 0 radical (unpaired) electrons. The Labute approximate surface area is 137 Å². The molecule has 5 nitrogen and oxygen atoms in total. The number of phenols is 1. The number of nitrogens with one attached hydrogen (secondary N) is 1. The van der Waals surface area contributed by atoms with Crippen LogP contribution in [0.1, 0.15) is 12.0 Å². The number of para-hydroxylation sites is 1. The molecule has 3 rings (SSSR count). The third-order valence-corrected chi connectivity index (χ3v) is 4.49. The predicted molar refractivity (Wildman–Crippen MR) is 90.7 cm³/mol. The van der Waals surface area contributed by atoms with E-state index < -0.39 is 5.25 Å². The number of thioether (sulfide) groups is 1. The van der Waals surface area contributed by atoms with E-state index in [1.165, 1.54) is 11.8 Å². The van der Waals surface area contributed by atoms with E-state index in [4.69, 9.17) is 0 Å². The Balaban J connectivity index is 1.61. The first kappa shape index (κ1) is 15.3. The van der Waals surface area contributed by atoms with Crippen LogP contribution in [0.15, 0.2) is 59.6 Å². The predicted octanol–water partition coefficient (Wildman–Crippen LogP) is 2.81. The second kappa shape index (κ2) is 6.66. The summed E-state index contributed by atoms with van der Waals surface area (Å²) in [5.74, 6) is -0.368. The highest BCUT2D eigenvalue weighted by atomic mass is 32.2. The van der Waals surface area contributed by atoms with Gasteiger partial charge in [0.1, 0.15) is 16.0 Å². The van der Waals surface area contributed by atoms with Crippen molar-refractivity contribution in [3.8, 4) is 5.75 Å². The van der Waals surface area contributed by atoms with E-state index in [2.05, 4.69) is 10.3 Å². The van der Waals surface area contributed by atoms with Gasteiger partial charge in [0.2, 0.25) is 5.91 Å². The Kier molecular flexibility index (Phi) is 4.43. The second-order valence-electron chi connectivity index (χ2n) is 5.03. The fourth-order valence-electron chi connectivity index (χ4n) is 2.15. The molecule has 0 spiro atoms. The van der Waals surface area contributed by atoms with Crippen molar-refractivity contribution in [2.24, 2.45) is 4.99 Å². The second-order valence-corrected chi connectivity index (χ2v) is 6.22. The molecule has 0 fully saturated rings. The smallest absolute Gasteiger partial charge is 0.260 e. The zero-order chi connectivity index (χ0) is 16.2. The van der Waals surface area contributed by atoms with Crippen LogP contribution in [0.5, 0.6) is 5.75 Å². The molecule has 0 saturated heterocycles. The molecule has 2 aromatic carbocycles. The van der Waals surface area contributed by atoms with E-state index >= 15 is 0 Å². The molecule has 116 valence electrons. The minimum absolute atomic E-state index is 0.0729. The highest BCUT2D eigenvalue weighted by Crippen LogP contribution is 2.29. The largest absolute Gasteiger partial charge is 0.508 e. The van der Waals surface area contributed by atoms with Crippen LogP contribution in [0, 0.1) is 0 Å². The standard InChI is InChI=1S/C17H14N2O3S/c20-13-8-6-11(7-9-13)17-19-16(22)14(23-17)10-15(21)18-12-4-2-1-3-5-12/h1-9,14,20H,10H2,(H,18,21)/t14-/m0/s1. The van der Waals surface area contributed by atoms with Gasteiger partial charge in [-0.15, -0.1) is 0 Å². The number of aliphatic imine (C=N–C) groups is 1. The van der Waals surface area contributed by atoms with Crippen LogP contribution >= 0.6 is 11.8 Å². The fourth-order valence-corrected chi connectivity index (χ4v) is 3.22. The molecule has 2 amide bonds. The number of aromatic hydroxyl groups is 1. The fraction of sp³-hybridized carbons (Fsp3) is 0.118. The van der Waals surface area contributed by atoms with E-state index in [0.29, 0.717) is 10.7 Å². The van der Waals surface area contributed by atoms with E-state index in [1.807, 2.05) is 18.2 Å². The molecule has 1 aliphatic heterocycles. The van der Waals surface area contributed by atoms with E-state index in [9.17, 15) is 14.7 Å². The number of anilines is 1. The minimum atomic E-state index is -0.512. The lowest BCUT2D eigenvalue weighted by Gasteiger charge is -2.08. The molecule has 2 aromatic rings. The normalized spacial score (nSPS) is 17.0. The van der Waals surface area contributed by atoms with E-state index in [0.717, 1.165) is 5.56 Å². The van der Waals surface area contributed by atoms with Crippen LogP contribution in [0.25, 0.3) is 0 Å². The number of phenolic OH excluding ortho intramolecular Hbond substituents is 1. The monoisotopic (exact) mass is 326 g/mol. The number of rotatable bonds is 4. The molecule has 0 bridgehead atoms. The van der Waals surface area contributed by atoms with Gasteiger partial charge < -0.3 is 10.4 Å². The van der Waals surface area contributed by atoms with Gasteiger partial charge >= 0.3 is 0 Å². The number of hydrogen-bond acceptors (Lipinski definition) is 4. The highest BCUT2D eigenvalue weighted by molar-refractivity contribution is 8.16. The Morgan fingerprint density at radius 1 is 1.13 bits per heavy atom. The first-order valence-corrected chi connectivity index (χ1v) is 7.93. The number of carbonyl (C=O) groups excluding carboxylic acids is 2. The lowest BCUT2D eigenvalue weighted by Crippen LogP contribution is -2.21. The average molecular weight is 326 g/mol. The van der Waals surface area contributed by atoms with Crippen molar-refractivity contribution in [3.05, 3.63) is 60.2 Å². The Hall–Kier alpha value is -2.60. The molecule has 0 saturated carbocycles. The van der Waals surface area contributed by atoms with Gasteiger partial charge in [0, 0.05) is 17.7 Å². The molecule has 1 aliphatic rings. The molecule has 1 heterocycles. The van der Waals surface area contributed by atoms with Crippen molar-refractivity contribution in [1.29, 1.82) is 0 Å². The van der Waals surface area contributed by atoms with Crippen LogP contribution in [-0.2, 0) is 9.59 Å². The van der Waals surface area contributed by atoms with Crippen LogP contribution in [-0.4, -0.2) is 27.2 Å². The zero-order valence-electron chi connectivity index (χ0n) is 12.1. The van der Waals surface area contributed by atoms with Crippen molar-refractivity contribution in [1.82, 2.24) is 0 Å². The van der Waals surface area contributed by atoms with Crippen molar-refractivity contribution in [3.63, 3.8) is 0 Å².